The van der Waals surface area contributed by atoms with E-state index in [1.54, 1.807) is 19.4 Å². The number of carbonyl (C=O) groups excluding carboxylic acids is 1. The number of rotatable bonds is 4. The number of ether oxygens (including phenoxy) is 1. The summed E-state index contributed by atoms with van der Waals surface area (Å²) in [4.78, 5) is 21.6. The quantitative estimate of drug-likeness (QED) is 0.926. The number of carbonyl (C=O) groups is 1. The third kappa shape index (κ3) is 4.09. The highest BCUT2D eigenvalue weighted by atomic mass is 16.5. The Kier molecular flexibility index (Phi) is 5.19. The van der Waals surface area contributed by atoms with Gasteiger partial charge >= 0.3 is 0 Å². The molecule has 0 aliphatic carbocycles. The highest BCUT2D eigenvalue weighted by Gasteiger charge is 2.16. The zero-order chi connectivity index (χ0) is 17.8. The van der Waals surface area contributed by atoms with Crippen LogP contribution in [0.2, 0.25) is 0 Å². The van der Waals surface area contributed by atoms with Gasteiger partial charge in [-0.15, -0.1) is 0 Å². The summed E-state index contributed by atoms with van der Waals surface area (Å²) in [5, 5.41) is 2.89. The Hall–Kier alpha value is -2.60. The van der Waals surface area contributed by atoms with E-state index < -0.39 is 0 Å². The number of likely N-dealkylation sites (N-methyl/N-ethyl adjacent to an activating group) is 1. The van der Waals surface area contributed by atoms with E-state index in [0.717, 1.165) is 37.6 Å². The molecule has 1 N–H and O–H groups in total. The Balaban J connectivity index is 1.69. The molecule has 1 amide bonds. The smallest absolute Gasteiger partial charge is 0.259 e. The highest BCUT2D eigenvalue weighted by Crippen LogP contribution is 2.22. The lowest BCUT2D eigenvalue weighted by Gasteiger charge is -2.33. The highest BCUT2D eigenvalue weighted by molar-refractivity contribution is 6.06. The molecule has 6 heteroatoms. The van der Waals surface area contributed by atoms with Crippen molar-refractivity contribution in [2.75, 3.05) is 50.6 Å². The van der Waals surface area contributed by atoms with Crippen LogP contribution in [0.1, 0.15) is 15.9 Å². The molecule has 1 aromatic carbocycles. The normalized spacial score (nSPS) is 15.1. The van der Waals surface area contributed by atoms with Crippen molar-refractivity contribution in [2.45, 2.75) is 6.92 Å². The zero-order valence-corrected chi connectivity index (χ0v) is 15.0. The minimum absolute atomic E-state index is 0.199. The second-order valence-corrected chi connectivity index (χ2v) is 6.35. The Morgan fingerprint density at radius 2 is 1.92 bits per heavy atom. The van der Waals surface area contributed by atoms with E-state index in [1.165, 1.54) is 0 Å². The fourth-order valence-corrected chi connectivity index (χ4v) is 2.88. The molecule has 0 radical (unpaired) electrons. The molecular weight excluding hydrogens is 316 g/mol. The van der Waals surface area contributed by atoms with E-state index in [-0.39, 0.29) is 5.91 Å². The summed E-state index contributed by atoms with van der Waals surface area (Å²) in [5.41, 5.74) is 2.20. The first-order valence-corrected chi connectivity index (χ1v) is 8.42. The molecular formula is C19H24N4O2. The average molecular weight is 340 g/mol. The van der Waals surface area contributed by atoms with E-state index in [2.05, 4.69) is 27.1 Å². The van der Waals surface area contributed by atoms with Gasteiger partial charge in [0.1, 0.15) is 11.6 Å². The molecule has 1 aliphatic rings. The Bertz CT molecular complexity index is 738. The van der Waals surface area contributed by atoms with E-state index in [0.29, 0.717) is 17.0 Å². The molecule has 3 rings (SSSR count). The Labute approximate surface area is 148 Å². The number of nitrogens with one attached hydrogen (secondary N) is 1. The second kappa shape index (κ2) is 7.53. The molecule has 0 unspecified atom stereocenters. The number of hydrogen-bond donors (Lipinski definition) is 1. The number of anilines is 2. The van der Waals surface area contributed by atoms with Crippen LogP contribution >= 0.6 is 0 Å². The second-order valence-electron chi connectivity index (χ2n) is 6.35. The number of benzene rings is 1. The molecule has 1 aromatic heterocycles. The van der Waals surface area contributed by atoms with Crippen molar-refractivity contribution in [1.82, 2.24) is 9.88 Å². The topological polar surface area (TPSA) is 57.7 Å². The van der Waals surface area contributed by atoms with E-state index in [9.17, 15) is 4.79 Å². The van der Waals surface area contributed by atoms with Gasteiger partial charge in [0.05, 0.1) is 24.6 Å². The first-order valence-electron chi connectivity index (χ1n) is 8.42. The summed E-state index contributed by atoms with van der Waals surface area (Å²) in [5.74, 6) is 1.30. The fraction of sp³-hybridized carbons (Fsp3) is 0.368. The number of aromatic nitrogens is 1. The lowest BCUT2D eigenvalue weighted by Crippen LogP contribution is -2.44. The molecule has 0 atom stereocenters. The van der Waals surface area contributed by atoms with Gasteiger partial charge in [-0.05, 0) is 38.2 Å². The van der Waals surface area contributed by atoms with Crippen LogP contribution in [0.25, 0.3) is 0 Å². The van der Waals surface area contributed by atoms with Gasteiger partial charge in [0.25, 0.3) is 5.91 Å². The summed E-state index contributed by atoms with van der Waals surface area (Å²) < 4.78 is 5.28. The summed E-state index contributed by atoms with van der Waals surface area (Å²) in [6, 6.07) is 9.39. The maximum atomic E-state index is 12.5. The van der Waals surface area contributed by atoms with Crippen molar-refractivity contribution in [3.8, 4) is 5.75 Å². The first kappa shape index (κ1) is 17.2. The van der Waals surface area contributed by atoms with Gasteiger partial charge in [0.2, 0.25) is 0 Å². The largest absolute Gasteiger partial charge is 0.496 e. The maximum absolute atomic E-state index is 12.5. The minimum atomic E-state index is -0.199. The molecule has 0 bridgehead atoms. The van der Waals surface area contributed by atoms with E-state index >= 15 is 0 Å². The predicted octanol–water partition coefficient (Wildman–Crippen LogP) is 2.40. The number of pyridine rings is 1. The van der Waals surface area contributed by atoms with E-state index in [1.807, 2.05) is 31.2 Å². The van der Waals surface area contributed by atoms with Gasteiger partial charge in [0.15, 0.2) is 0 Å². The van der Waals surface area contributed by atoms with Gasteiger partial charge in [0, 0.05) is 26.2 Å². The van der Waals surface area contributed by atoms with Crippen molar-refractivity contribution in [3.63, 3.8) is 0 Å². The van der Waals surface area contributed by atoms with Crippen molar-refractivity contribution in [2.24, 2.45) is 0 Å². The summed E-state index contributed by atoms with van der Waals surface area (Å²) in [6.07, 6.45) is 1.70. The van der Waals surface area contributed by atoms with Crippen LogP contribution in [0.15, 0.2) is 36.5 Å². The summed E-state index contributed by atoms with van der Waals surface area (Å²) >= 11 is 0. The number of nitrogens with zero attached hydrogens (tertiary/aromatic N) is 3. The standard InChI is InChI=1S/C19H24N4O2/c1-14-4-6-17(25-3)16(12-14)19(24)21-15-5-7-18(20-13-15)23-10-8-22(2)9-11-23/h4-7,12-13H,8-11H2,1-3H3,(H,21,24). The fourth-order valence-electron chi connectivity index (χ4n) is 2.88. The van der Waals surface area contributed by atoms with Crippen LogP contribution in [-0.4, -0.2) is 56.1 Å². The van der Waals surface area contributed by atoms with Crippen LogP contribution in [0, 0.1) is 6.92 Å². The number of amides is 1. The molecule has 2 heterocycles. The number of hydrogen-bond acceptors (Lipinski definition) is 5. The van der Waals surface area contributed by atoms with Gasteiger partial charge < -0.3 is 19.9 Å². The van der Waals surface area contributed by atoms with Crippen LogP contribution < -0.4 is 15.0 Å². The van der Waals surface area contributed by atoms with Gasteiger partial charge in [-0.2, -0.15) is 0 Å². The molecule has 6 nitrogen and oxygen atoms in total. The molecule has 2 aromatic rings. The lowest BCUT2D eigenvalue weighted by atomic mass is 10.1. The van der Waals surface area contributed by atoms with Crippen molar-refractivity contribution < 1.29 is 9.53 Å². The molecule has 1 saturated heterocycles. The molecule has 0 spiro atoms. The predicted molar refractivity (Wildman–Crippen MR) is 99.6 cm³/mol. The molecule has 0 saturated carbocycles. The molecule has 1 fully saturated rings. The summed E-state index contributed by atoms with van der Waals surface area (Å²) in [7, 11) is 3.69. The van der Waals surface area contributed by atoms with Crippen LogP contribution in [0.3, 0.4) is 0 Å². The van der Waals surface area contributed by atoms with Crippen molar-refractivity contribution in [1.29, 1.82) is 0 Å². The number of aryl methyl sites for hydroxylation is 1. The van der Waals surface area contributed by atoms with Gasteiger partial charge in [-0.3, -0.25) is 4.79 Å². The third-order valence-electron chi connectivity index (χ3n) is 4.43. The maximum Gasteiger partial charge on any atom is 0.259 e. The van der Waals surface area contributed by atoms with Crippen LogP contribution in [-0.2, 0) is 0 Å². The lowest BCUT2D eigenvalue weighted by molar-refractivity contribution is 0.102. The van der Waals surface area contributed by atoms with Crippen LogP contribution in [0.4, 0.5) is 11.5 Å². The van der Waals surface area contributed by atoms with Gasteiger partial charge in [-0.1, -0.05) is 11.6 Å². The van der Waals surface area contributed by atoms with Crippen molar-refractivity contribution in [3.05, 3.63) is 47.7 Å². The Morgan fingerprint density at radius 1 is 1.16 bits per heavy atom. The van der Waals surface area contributed by atoms with Crippen LogP contribution in [0.5, 0.6) is 5.75 Å². The van der Waals surface area contributed by atoms with Gasteiger partial charge in [-0.25, -0.2) is 4.98 Å². The third-order valence-corrected chi connectivity index (χ3v) is 4.43. The number of methoxy groups -OCH3 is 1. The minimum Gasteiger partial charge on any atom is -0.496 e. The SMILES string of the molecule is COc1ccc(C)cc1C(=O)Nc1ccc(N2CCN(C)CC2)nc1. The molecule has 25 heavy (non-hydrogen) atoms. The van der Waals surface area contributed by atoms with E-state index in [4.69, 9.17) is 4.74 Å². The first-order chi connectivity index (χ1) is 12.1. The zero-order valence-electron chi connectivity index (χ0n) is 15.0. The number of piperazine rings is 1. The summed E-state index contributed by atoms with van der Waals surface area (Å²) in [6.45, 7) is 5.95. The van der Waals surface area contributed by atoms with Crippen molar-refractivity contribution >= 4 is 17.4 Å². The molecule has 1 aliphatic heterocycles. The average Bonchev–Trinajstić information content (AvgIpc) is 2.63. The molecule has 132 valence electrons. The monoisotopic (exact) mass is 340 g/mol. The Morgan fingerprint density at radius 3 is 2.56 bits per heavy atom.